The van der Waals surface area contributed by atoms with E-state index in [9.17, 15) is 4.39 Å². The normalized spacial score (nSPS) is 10.1. The second-order valence-corrected chi connectivity index (χ2v) is 2.88. The third kappa shape index (κ3) is 1.21. The molecule has 0 spiro atoms. The number of hydrogen-bond donors (Lipinski definition) is 0. The number of nitrogens with zero attached hydrogens (tertiary/aromatic N) is 2. The average Bonchev–Trinajstić information content (AvgIpc) is 2.57. The van der Waals surface area contributed by atoms with E-state index in [1.807, 2.05) is 0 Å². The Morgan fingerprint density at radius 3 is 2.75 bits per heavy atom. The third-order valence-electron chi connectivity index (χ3n) is 1.51. The van der Waals surface area contributed by atoms with Crippen LogP contribution in [0.3, 0.4) is 0 Å². The average molecular weight is 180 g/mol. The molecule has 0 atom stereocenters. The number of hydrogen-bond acceptors (Lipinski definition) is 3. The molecule has 0 fully saturated rings. The molecule has 1 heterocycles. The van der Waals surface area contributed by atoms with Gasteiger partial charge in [-0.3, -0.25) is 0 Å². The van der Waals surface area contributed by atoms with E-state index in [1.165, 1.54) is 17.6 Å². The summed E-state index contributed by atoms with van der Waals surface area (Å²) in [4.78, 5) is 0. The summed E-state index contributed by atoms with van der Waals surface area (Å²) in [6.07, 6.45) is 0. The van der Waals surface area contributed by atoms with Crippen molar-refractivity contribution >= 4 is 11.5 Å². The fourth-order valence-corrected chi connectivity index (χ4v) is 1.41. The maximum Gasteiger partial charge on any atom is 0.132 e. The molecule has 0 saturated carbocycles. The van der Waals surface area contributed by atoms with Gasteiger partial charge in [0.1, 0.15) is 11.5 Å². The summed E-state index contributed by atoms with van der Waals surface area (Å²) >= 11 is 1.22. The van der Waals surface area contributed by atoms with Crippen LogP contribution < -0.4 is 0 Å². The standard InChI is InChI=1S/C8H5FN2S/c9-7-4-2-1-3-6(7)8-5-12-11-10-8/h1-5H. The topological polar surface area (TPSA) is 25.8 Å². The monoisotopic (exact) mass is 180 g/mol. The molecule has 0 aliphatic heterocycles. The molecule has 1 aromatic carbocycles. The number of benzene rings is 1. The van der Waals surface area contributed by atoms with Gasteiger partial charge in [0, 0.05) is 10.9 Å². The van der Waals surface area contributed by atoms with Crippen LogP contribution in [0.5, 0.6) is 0 Å². The maximum atomic E-state index is 13.1. The highest BCUT2D eigenvalue weighted by Crippen LogP contribution is 2.20. The van der Waals surface area contributed by atoms with Crippen molar-refractivity contribution < 1.29 is 4.39 Å². The van der Waals surface area contributed by atoms with Crippen LogP contribution in [0.4, 0.5) is 4.39 Å². The van der Waals surface area contributed by atoms with Crippen LogP contribution in [-0.2, 0) is 0 Å². The van der Waals surface area contributed by atoms with E-state index in [0.717, 1.165) is 0 Å². The first-order valence-corrected chi connectivity index (χ1v) is 4.23. The fourth-order valence-electron chi connectivity index (χ4n) is 0.951. The first-order chi connectivity index (χ1) is 5.88. The van der Waals surface area contributed by atoms with Gasteiger partial charge in [-0.2, -0.15) is 0 Å². The van der Waals surface area contributed by atoms with Gasteiger partial charge < -0.3 is 0 Å². The van der Waals surface area contributed by atoms with Gasteiger partial charge in [0.2, 0.25) is 0 Å². The highest BCUT2D eigenvalue weighted by atomic mass is 32.1. The SMILES string of the molecule is Fc1ccccc1-c1csnn1. The van der Waals surface area contributed by atoms with Gasteiger partial charge in [-0.25, -0.2) is 4.39 Å². The van der Waals surface area contributed by atoms with Gasteiger partial charge in [-0.15, -0.1) is 5.10 Å². The quantitative estimate of drug-likeness (QED) is 0.673. The van der Waals surface area contributed by atoms with Crippen molar-refractivity contribution in [3.8, 4) is 11.3 Å². The van der Waals surface area contributed by atoms with Crippen LogP contribution in [0.25, 0.3) is 11.3 Å². The molecule has 0 bridgehead atoms. The van der Waals surface area contributed by atoms with Gasteiger partial charge in [-0.1, -0.05) is 16.6 Å². The Morgan fingerprint density at radius 2 is 2.08 bits per heavy atom. The smallest absolute Gasteiger partial charge is 0.132 e. The zero-order chi connectivity index (χ0) is 8.39. The molecule has 1 aromatic heterocycles. The predicted molar refractivity (Wildman–Crippen MR) is 45.3 cm³/mol. The third-order valence-corrected chi connectivity index (χ3v) is 2.01. The molecule has 2 rings (SSSR count). The lowest BCUT2D eigenvalue weighted by Crippen LogP contribution is -1.82. The molecule has 0 N–H and O–H groups in total. The van der Waals surface area contributed by atoms with E-state index in [1.54, 1.807) is 23.6 Å². The highest BCUT2D eigenvalue weighted by molar-refractivity contribution is 7.03. The van der Waals surface area contributed by atoms with Crippen LogP contribution in [0.1, 0.15) is 0 Å². The molecule has 0 aliphatic rings. The van der Waals surface area contributed by atoms with Crippen LogP contribution >= 0.6 is 11.5 Å². The number of rotatable bonds is 1. The zero-order valence-corrected chi connectivity index (χ0v) is 6.88. The molecule has 2 nitrogen and oxygen atoms in total. The summed E-state index contributed by atoms with van der Waals surface area (Å²) in [7, 11) is 0. The molecular weight excluding hydrogens is 175 g/mol. The minimum atomic E-state index is -0.259. The summed E-state index contributed by atoms with van der Waals surface area (Å²) in [5.74, 6) is -0.259. The molecule has 4 heteroatoms. The number of aromatic nitrogens is 2. The van der Waals surface area contributed by atoms with Gasteiger partial charge in [0.25, 0.3) is 0 Å². The molecule has 60 valence electrons. The van der Waals surface area contributed by atoms with E-state index < -0.39 is 0 Å². The van der Waals surface area contributed by atoms with Crippen molar-refractivity contribution in [2.45, 2.75) is 0 Å². The van der Waals surface area contributed by atoms with Crippen molar-refractivity contribution in [3.05, 3.63) is 35.5 Å². The predicted octanol–water partition coefficient (Wildman–Crippen LogP) is 2.34. The van der Waals surface area contributed by atoms with Crippen molar-refractivity contribution in [2.75, 3.05) is 0 Å². The van der Waals surface area contributed by atoms with Gasteiger partial charge in [0.05, 0.1) is 0 Å². The van der Waals surface area contributed by atoms with Gasteiger partial charge in [-0.05, 0) is 23.7 Å². The Bertz CT molecular complexity index is 372. The lowest BCUT2D eigenvalue weighted by atomic mass is 10.2. The molecule has 0 unspecified atom stereocenters. The first kappa shape index (κ1) is 7.36. The molecule has 2 aromatic rings. The molecule has 0 saturated heterocycles. The largest absolute Gasteiger partial charge is 0.206 e. The van der Waals surface area contributed by atoms with Crippen LogP contribution in [0, 0.1) is 5.82 Å². The fraction of sp³-hybridized carbons (Fsp3) is 0. The summed E-state index contributed by atoms with van der Waals surface area (Å²) in [6, 6.07) is 6.52. The van der Waals surface area contributed by atoms with E-state index in [0.29, 0.717) is 11.3 Å². The Balaban J connectivity index is 2.55. The second kappa shape index (κ2) is 2.98. The van der Waals surface area contributed by atoms with E-state index in [-0.39, 0.29) is 5.82 Å². The molecule has 12 heavy (non-hydrogen) atoms. The number of halogens is 1. The van der Waals surface area contributed by atoms with Gasteiger partial charge >= 0.3 is 0 Å². The van der Waals surface area contributed by atoms with E-state index in [4.69, 9.17) is 0 Å². The van der Waals surface area contributed by atoms with Crippen molar-refractivity contribution in [3.63, 3.8) is 0 Å². The maximum absolute atomic E-state index is 13.1. The minimum absolute atomic E-state index is 0.259. The van der Waals surface area contributed by atoms with Gasteiger partial charge in [0.15, 0.2) is 0 Å². The lowest BCUT2D eigenvalue weighted by molar-refractivity contribution is 0.630. The molecule has 0 amide bonds. The minimum Gasteiger partial charge on any atom is -0.206 e. The van der Waals surface area contributed by atoms with Crippen LogP contribution in [-0.4, -0.2) is 9.59 Å². The van der Waals surface area contributed by atoms with Crippen LogP contribution in [0.15, 0.2) is 29.6 Å². The highest BCUT2D eigenvalue weighted by Gasteiger charge is 2.05. The van der Waals surface area contributed by atoms with Crippen molar-refractivity contribution in [1.29, 1.82) is 0 Å². The Hall–Kier alpha value is -1.29. The van der Waals surface area contributed by atoms with Crippen molar-refractivity contribution in [2.24, 2.45) is 0 Å². The summed E-state index contributed by atoms with van der Waals surface area (Å²) in [6.45, 7) is 0. The molecule has 0 radical (unpaired) electrons. The molecular formula is C8H5FN2S. The van der Waals surface area contributed by atoms with Crippen LogP contribution in [0.2, 0.25) is 0 Å². The Morgan fingerprint density at radius 1 is 1.25 bits per heavy atom. The summed E-state index contributed by atoms with van der Waals surface area (Å²) in [5.41, 5.74) is 1.10. The summed E-state index contributed by atoms with van der Waals surface area (Å²) < 4.78 is 16.8. The van der Waals surface area contributed by atoms with E-state index >= 15 is 0 Å². The Labute approximate surface area is 72.8 Å². The summed E-state index contributed by atoms with van der Waals surface area (Å²) in [5, 5.41) is 5.50. The Kier molecular flexibility index (Phi) is 1.83. The van der Waals surface area contributed by atoms with E-state index in [2.05, 4.69) is 9.59 Å². The molecule has 0 aliphatic carbocycles. The zero-order valence-electron chi connectivity index (χ0n) is 6.07. The second-order valence-electron chi connectivity index (χ2n) is 2.27. The lowest BCUT2D eigenvalue weighted by Gasteiger charge is -1.95. The van der Waals surface area contributed by atoms with Crippen molar-refractivity contribution in [1.82, 2.24) is 9.59 Å². The first-order valence-electron chi connectivity index (χ1n) is 3.40.